The summed E-state index contributed by atoms with van der Waals surface area (Å²) in [6, 6.07) is 8.53. The number of rotatable bonds is 5. The number of aromatic hydroxyl groups is 1. The number of benzene rings is 1. The Balaban J connectivity index is 1.57. The molecule has 7 nitrogen and oxygen atoms in total. The maximum absolute atomic E-state index is 13.9. The minimum atomic E-state index is -1.04. The Morgan fingerprint density at radius 2 is 1.97 bits per heavy atom. The molecule has 2 aromatic heterocycles. The lowest BCUT2D eigenvalue weighted by Gasteiger charge is -2.26. The third kappa shape index (κ3) is 3.73. The van der Waals surface area contributed by atoms with Crippen LogP contribution in [0.3, 0.4) is 0 Å². The van der Waals surface area contributed by atoms with Crippen LogP contribution < -0.4 is 9.64 Å². The first-order valence-corrected chi connectivity index (χ1v) is 9.14. The van der Waals surface area contributed by atoms with Crippen LogP contribution in [0.15, 0.2) is 54.9 Å². The van der Waals surface area contributed by atoms with Crippen LogP contribution in [-0.2, 0) is 0 Å². The van der Waals surface area contributed by atoms with Gasteiger partial charge in [0.2, 0.25) is 5.88 Å². The van der Waals surface area contributed by atoms with Crippen molar-refractivity contribution < 1.29 is 14.2 Å². The van der Waals surface area contributed by atoms with Crippen molar-refractivity contribution in [3.05, 3.63) is 54.9 Å². The fourth-order valence-corrected chi connectivity index (χ4v) is 3.30. The summed E-state index contributed by atoms with van der Waals surface area (Å²) in [5.41, 5.74) is 2.13. The van der Waals surface area contributed by atoms with Gasteiger partial charge < -0.3 is 14.7 Å². The predicted molar refractivity (Wildman–Crippen MR) is 108 cm³/mol. The van der Waals surface area contributed by atoms with Crippen LogP contribution in [0.4, 0.5) is 10.2 Å². The maximum atomic E-state index is 13.9. The first-order valence-electron chi connectivity index (χ1n) is 9.14. The third-order valence-corrected chi connectivity index (χ3v) is 4.99. The predicted octanol–water partition coefficient (Wildman–Crippen LogP) is 3.42. The molecule has 0 spiro atoms. The van der Waals surface area contributed by atoms with Gasteiger partial charge in [-0.2, -0.15) is 0 Å². The van der Waals surface area contributed by atoms with Gasteiger partial charge in [-0.25, -0.2) is 14.4 Å². The van der Waals surface area contributed by atoms with Gasteiger partial charge in [0.25, 0.3) is 0 Å². The standard InChI is InChI=1S/C21H20FN5O2/c1-27(17-5-3-4-16(17)22)19-12-24-21(26-25-19)15-7-6-13(10-18(15)28)14-8-9-23-20(11-14)29-2/h3-4,6-12,16-17,28H,5H2,1-2H3/t16-,17+/m0/s1. The van der Waals surface area contributed by atoms with E-state index in [1.807, 2.05) is 18.2 Å². The van der Waals surface area contributed by atoms with E-state index < -0.39 is 6.17 Å². The molecule has 3 aromatic rings. The number of phenols is 1. The normalized spacial score (nSPS) is 18.0. The lowest BCUT2D eigenvalue weighted by Crippen LogP contribution is -2.36. The number of hydrogen-bond acceptors (Lipinski definition) is 7. The van der Waals surface area contributed by atoms with Gasteiger partial charge in [-0.1, -0.05) is 18.2 Å². The summed E-state index contributed by atoms with van der Waals surface area (Å²) >= 11 is 0. The molecular weight excluding hydrogens is 373 g/mol. The highest BCUT2D eigenvalue weighted by Crippen LogP contribution is 2.32. The molecule has 0 fully saturated rings. The Bertz CT molecular complexity index is 1040. The summed E-state index contributed by atoms with van der Waals surface area (Å²) in [4.78, 5) is 10.1. The average Bonchev–Trinajstić information content (AvgIpc) is 3.19. The van der Waals surface area contributed by atoms with Crippen molar-refractivity contribution in [2.24, 2.45) is 0 Å². The second kappa shape index (κ2) is 7.83. The number of alkyl halides is 1. The molecule has 0 aliphatic heterocycles. The van der Waals surface area contributed by atoms with E-state index >= 15 is 0 Å². The van der Waals surface area contributed by atoms with Gasteiger partial charge in [0.1, 0.15) is 11.9 Å². The Hall–Kier alpha value is -3.55. The number of phenolic OH excluding ortho intramolecular Hbond substituents is 1. The van der Waals surface area contributed by atoms with Crippen LogP contribution in [0, 0.1) is 0 Å². The number of aromatic nitrogens is 4. The quantitative estimate of drug-likeness (QED) is 0.665. The highest BCUT2D eigenvalue weighted by atomic mass is 19.1. The van der Waals surface area contributed by atoms with Crippen molar-refractivity contribution in [1.82, 2.24) is 20.2 Å². The largest absolute Gasteiger partial charge is 0.507 e. The molecule has 2 atom stereocenters. The molecule has 2 heterocycles. The van der Waals surface area contributed by atoms with Crippen molar-refractivity contribution >= 4 is 5.82 Å². The van der Waals surface area contributed by atoms with Crippen molar-refractivity contribution in [2.45, 2.75) is 18.6 Å². The Morgan fingerprint density at radius 1 is 1.14 bits per heavy atom. The first kappa shape index (κ1) is 18.8. The number of halogens is 1. The summed E-state index contributed by atoms with van der Waals surface area (Å²) in [6.45, 7) is 0. The van der Waals surface area contributed by atoms with E-state index in [0.29, 0.717) is 29.5 Å². The van der Waals surface area contributed by atoms with Gasteiger partial charge in [-0.3, -0.25) is 0 Å². The Morgan fingerprint density at radius 3 is 2.62 bits per heavy atom. The number of ether oxygens (including phenoxy) is 1. The molecule has 0 amide bonds. The molecule has 0 bridgehead atoms. The van der Waals surface area contributed by atoms with Gasteiger partial charge >= 0.3 is 0 Å². The van der Waals surface area contributed by atoms with E-state index in [4.69, 9.17) is 4.74 Å². The molecule has 1 aliphatic rings. The van der Waals surface area contributed by atoms with E-state index in [1.165, 1.54) is 6.20 Å². The fourth-order valence-electron chi connectivity index (χ4n) is 3.30. The van der Waals surface area contributed by atoms with Crippen LogP contribution in [0.2, 0.25) is 0 Å². The highest BCUT2D eigenvalue weighted by Gasteiger charge is 2.27. The molecule has 0 saturated carbocycles. The fraction of sp³-hybridized carbons (Fsp3) is 0.238. The zero-order valence-electron chi connectivity index (χ0n) is 16.0. The van der Waals surface area contributed by atoms with Crippen molar-refractivity contribution in [3.63, 3.8) is 0 Å². The minimum absolute atomic E-state index is 0.0324. The van der Waals surface area contributed by atoms with Gasteiger partial charge in [0, 0.05) is 19.3 Å². The molecule has 148 valence electrons. The smallest absolute Gasteiger partial charge is 0.213 e. The summed E-state index contributed by atoms with van der Waals surface area (Å²) in [7, 11) is 3.32. The zero-order chi connectivity index (χ0) is 20.4. The zero-order valence-corrected chi connectivity index (χ0v) is 16.0. The number of hydrogen-bond donors (Lipinski definition) is 1. The molecule has 0 radical (unpaired) electrons. The van der Waals surface area contributed by atoms with Gasteiger partial charge in [-0.15, -0.1) is 10.2 Å². The second-order valence-electron chi connectivity index (χ2n) is 6.75. The Kier molecular flexibility index (Phi) is 5.07. The first-order chi connectivity index (χ1) is 14.1. The number of methoxy groups -OCH3 is 1. The van der Waals surface area contributed by atoms with Gasteiger partial charge in [-0.05, 0) is 35.7 Å². The SMILES string of the molecule is COc1cc(-c2ccc(-c3ncc(N(C)[C@@H]4CC=C[C@@H]4F)nn3)c(O)c2)ccn1. The monoisotopic (exact) mass is 393 g/mol. The van der Waals surface area contributed by atoms with E-state index in [2.05, 4.69) is 20.2 Å². The molecule has 8 heteroatoms. The molecule has 0 unspecified atom stereocenters. The second-order valence-corrected chi connectivity index (χ2v) is 6.75. The van der Waals surface area contributed by atoms with Gasteiger partial charge in [0.15, 0.2) is 11.6 Å². The lowest BCUT2D eigenvalue weighted by molar-refractivity contribution is 0.348. The van der Waals surface area contributed by atoms with E-state index in [9.17, 15) is 9.50 Å². The van der Waals surface area contributed by atoms with E-state index in [0.717, 1.165) is 11.1 Å². The third-order valence-electron chi connectivity index (χ3n) is 4.99. The van der Waals surface area contributed by atoms with Crippen LogP contribution in [-0.4, -0.2) is 51.6 Å². The molecule has 1 aromatic carbocycles. The van der Waals surface area contributed by atoms with Crippen LogP contribution in [0.5, 0.6) is 11.6 Å². The maximum Gasteiger partial charge on any atom is 0.213 e. The van der Waals surface area contributed by atoms with Crippen LogP contribution >= 0.6 is 0 Å². The summed E-state index contributed by atoms with van der Waals surface area (Å²) in [5.74, 6) is 1.29. The molecule has 0 saturated heterocycles. The van der Waals surface area contributed by atoms with Gasteiger partial charge in [0.05, 0.1) is 24.9 Å². The number of pyridine rings is 1. The topological polar surface area (TPSA) is 84.3 Å². The summed E-state index contributed by atoms with van der Waals surface area (Å²) < 4.78 is 19.0. The number of anilines is 1. The summed E-state index contributed by atoms with van der Waals surface area (Å²) in [5, 5.41) is 18.8. The molecule has 29 heavy (non-hydrogen) atoms. The molecular formula is C21H20FN5O2. The minimum Gasteiger partial charge on any atom is -0.507 e. The molecule has 1 N–H and O–H groups in total. The van der Waals surface area contributed by atoms with Crippen LogP contribution in [0.1, 0.15) is 6.42 Å². The van der Waals surface area contributed by atoms with Crippen LogP contribution in [0.25, 0.3) is 22.5 Å². The Labute approximate surface area is 167 Å². The molecule has 4 rings (SSSR count). The van der Waals surface area contributed by atoms with E-state index in [-0.39, 0.29) is 11.8 Å². The lowest BCUT2D eigenvalue weighted by atomic mass is 10.0. The molecule has 1 aliphatic carbocycles. The summed E-state index contributed by atoms with van der Waals surface area (Å²) in [6.07, 6.45) is 6.12. The highest BCUT2D eigenvalue weighted by molar-refractivity contribution is 5.73. The van der Waals surface area contributed by atoms with Crippen molar-refractivity contribution in [3.8, 4) is 34.1 Å². The van der Waals surface area contributed by atoms with Crippen molar-refractivity contribution in [1.29, 1.82) is 0 Å². The average molecular weight is 393 g/mol. The number of nitrogens with zero attached hydrogens (tertiary/aromatic N) is 5. The van der Waals surface area contributed by atoms with Crippen molar-refractivity contribution in [2.75, 3.05) is 19.1 Å². The van der Waals surface area contributed by atoms with E-state index in [1.54, 1.807) is 49.5 Å².